The van der Waals surface area contributed by atoms with E-state index in [1.807, 2.05) is 0 Å². The van der Waals surface area contributed by atoms with Crippen molar-refractivity contribution in [1.29, 1.82) is 0 Å². The van der Waals surface area contributed by atoms with Gasteiger partial charge < -0.3 is 14.8 Å². The van der Waals surface area contributed by atoms with Crippen LogP contribution in [0.5, 0.6) is 0 Å². The van der Waals surface area contributed by atoms with Crippen LogP contribution in [-0.2, 0) is 14.3 Å². The van der Waals surface area contributed by atoms with Gasteiger partial charge in [0.05, 0.1) is 19.8 Å². The summed E-state index contributed by atoms with van der Waals surface area (Å²) in [5, 5.41) is 3.14. The molecule has 0 aromatic heterocycles. The zero-order valence-electron chi connectivity index (χ0n) is 25.5. The predicted molar refractivity (Wildman–Crippen MR) is 157 cm³/mol. The van der Waals surface area contributed by atoms with Gasteiger partial charge in [-0.2, -0.15) is 0 Å². The molecular formula is C32H65NO3. The molecule has 0 aliphatic rings. The smallest absolute Gasteiger partial charge is 0.226 e. The van der Waals surface area contributed by atoms with E-state index in [2.05, 4.69) is 46.9 Å². The summed E-state index contributed by atoms with van der Waals surface area (Å²) in [5.74, 6) is 0.202. The summed E-state index contributed by atoms with van der Waals surface area (Å²) >= 11 is 0. The zero-order valence-corrected chi connectivity index (χ0v) is 25.5. The molecule has 0 fully saturated rings. The van der Waals surface area contributed by atoms with E-state index in [0.717, 1.165) is 45.1 Å². The topological polar surface area (TPSA) is 47.6 Å². The average molecular weight is 512 g/mol. The van der Waals surface area contributed by atoms with E-state index in [0.29, 0.717) is 31.8 Å². The number of carbonyl (C=O) groups excluding carboxylic acids is 1. The molecule has 0 saturated carbocycles. The maximum atomic E-state index is 12.9. The van der Waals surface area contributed by atoms with E-state index in [-0.39, 0.29) is 11.3 Å². The lowest BCUT2D eigenvalue weighted by molar-refractivity contribution is -0.131. The maximum absolute atomic E-state index is 12.9. The van der Waals surface area contributed by atoms with Gasteiger partial charge in [0.25, 0.3) is 0 Å². The summed E-state index contributed by atoms with van der Waals surface area (Å²) in [4.78, 5) is 12.9. The standard InChI is InChI=1S/C32H65NO3/c1-7-11-15-17-21-31(5,20-13-9-3)22-19-26-35-28-29-36-27-25-33-30(34)32(6,23-14-10-4)24-18-16-12-8-2/h7-29H2,1-6H3,(H,33,34). The number of carbonyl (C=O) groups is 1. The quantitative estimate of drug-likeness (QED) is 0.112. The van der Waals surface area contributed by atoms with E-state index in [1.165, 1.54) is 77.0 Å². The Morgan fingerprint density at radius 1 is 0.556 bits per heavy atom. The number of hydrogen-bond acceptors (Lipinski definition) is 3. The molecule has 0 aliphatic carbocycles. The first-order valence-electron chi connectivity index (χ1n) is 15.8. The number of hydrogen-bond donors (Lipinski definition) is 1. The summed E-state index contributed by atoms with van der Waals surface area (Å²) in [5.41, 5.74) is 0.234. The molecule has 36 heavy (non-hydrogen) atoms. The van der Waals surface area contributed by atoms with Gasteiger partial charge in [-0.1, -0.05) is 119 Å². The van der Waals surface area contributed by atoms with Gasteiger partial charge >= 0.3 is 0 Å². The summed E-state index contributed by atoms with van der Waals surface area (Å²) in [6.45, 7) is 16.9. The second-order valence-electron chi connectivity index (χ2n) is 11.8. The fraction of sp³-hybridized carbons (Fsp3) is 0.969. The number of unbranched alkanes of at least 4 members (excludes halogenated alkanes) is 8. The molecular weight excluding hydrogens is 446 g/mol. The van der Waals surface area contributed by atoms with E-state index in [9.17, 15) is 4.79 Å². The third-order valence-electron chi connectivity index (χ3n) is 7.95. The van der Waals surface area contributed by atoms with Crippen molar-refractivity contribution >= 4 is 5.91 Å². The lowest BCUT2D eigenvalue weighted by Gasteiger charge is -2.30. The Bertz CT molecular complexity index is 498. The van der Waals surface area contributed by atoms with Crippen molar-refractivity contribution in [2.75, 3.05) is 33.0 Å². The van der Waals surface area contributed by atoms with Crippen molar-refractivity contribution in [3.63, 3.8) is 0 Å². The van der Waals surface area contributed by atoms with E-state index in [1.54, 1.807) is 0 Å². The highest BCUT2D eigenvalue weighted by atomic mass is 16.5. The van der Waals surface area contributed by atoms with Gasteiger partial charge in [-0.3, -0.25) is 4.79 Å². The Hall–Kier alpha value is -0.610. The third kappa shape index (κ3) is 18.6. The highest BCUT2D eigenvalue weighted by molar-refractivity contribution is 5.82. The second kappa shape index (κ2) is 23.5. The molecule has 1 N–H and O–H groups in total. The summed E-state index contributed by atoms with van der Waals surface area (Å²) < 4.78 is 11.6. The number of amides is 1. The van der Waals surface area contributed by atoms with Gasteiger partial charge in [0.15, 0.2) is 0 Å². The number of nitrogens with one attached hydrogen (secondary N) is 1. The van der Waals surface area contributed by atoms with Crippen LogP contribution in [0, 0.1) is 10.8 Å². The molecule has 0 aromatic rings. The Balaban J connectivity index is 4.03. The molecule has 2 unspecified atom stereocenters. The van der Waals surface area contributed by atoms with Crippen molar-refractivity contribution < 1.29 is 14.3 Å². The van der Waals surface area contributed by atoms with Crippen LogP contribution in [0.1, 0.15) is 157 Å². The average Bonchev–Trinajstić information content (AvgIpc) is 2.87. The Morgan fingerprint density at radius 3 is 1.64 bits per heavy atom. The molecule has 4 heteroatoms. The second-order valence-corrected chi connectivity index (χ2v) is 11.8. The van der Waals surface area contributed by atoms with Gasteiger partial charge in [-0.25, -0.2) is 0 Å². The molecule has 216 valence electrons. The molecule has 1 amide bonds. The van der Waals surface area contributed by atoms with E-state index >= 15 is 0 Å². The number of ether oxygens (including phenoxy) is 2. The minimum atomic E-state index is -0.242. The van der Waals surface area contributed by atoms with Gasteiger partial charge in [0, 0.05) is 18.6 Å². The maximum Gasteiger partial charge on any atom is 0.226 e. The van der Waals surface area contributed by atoms with Crippen LogP contribution < -0.4 is 5.32 Å². The molecule has 0 aliphatic heterocycles. The lowest BCUT2D eigenvalue weighted by atomic mass is 9.76. The molecule has 0 radical (unpaired) electrons. The minimum Gasteiger partial charge on any atom is -0.379 e. The van der Waals surface area contributed by atoms with Gasteiger partial charge in [-0.15, -0.1) is 0 Å². The van der Waals surface area contributed by atoms with Gasteiger partial charge in [-0.05, 0) is 43.9 Å². The van der Waals surface area contributed by atoms with Crippen LogP contribution >= 0.6 is 0 Å². The minimum absolute atomic E-state index is 0.202. The van der Waals surface area contributed by atoms with E-state index < -0.39 is 0 Å². The van der Waals surface area contributed by atoms with Crippen LogP contribution in [-0.4, -0.2) is 38.9 Å². The SMILES string of the molecule is CCCCCCC(C)(CCCC)CCCOCCOCCNC(=O)C(C)(CCCC)CCCCCC. The van der Waals surface area contributed by atoms with Crippen LogP contribution in [0.15, 0.2) is 0 Å². The van der Waals surface area contributed by atoms with Crippen LogP contribution in [0.3, 0.4) is 0 Å². The molecule has 4 nitrogen and oxygen atoms in total. The van der Waals surface area contributed by atoms with Crippen molar-refractivity contribution in [1.82, 2.24) is 5.32 Å². The first-order valence-corrected chi connectivity index (χ1v) is 15.8. The fourth-order valence-electron chi connectivity index (χ4n) is 5.19. The van der Waals surface area contributed by atoms with Crippen molar-refractivity contribution in [3.05, 3.63) is 0 Å². The Labute approximate surface area is 226 Å². The molecule has 0 heterocycles. The van der Waals surface area contributed by atoms with Crippen molar-refractivity contribution in [2.45, 2.75) is 157 Å². The molecule has 0 bridgehead atoms. The number of rotatable bonds is 27. The van der Waals surface area contributed by atoms with E-state index in [4.69, 9.17) is 9.47 Å². The van der Waals surface area contributed by atoms with Gasteiger partial charge in [0.2, 0.25) is 5.91 Å². The first kappa shape index (κ1) is 35.4. The highest BCUT2D eigenvalue weighted by Gasteiger charge is 2.31. The normalized spacial score (nSPS) is 14.9. The van der Waals surface area contributed by atoms with Gasteiger partial charge in [0.1, 0.15) is 0 Å². The molecule has 0 spiro atoms. The van der Waals surface area contributed by atoms with Crippen LogP contribution in [0.25, 0.3) is 0 Å². The molecule has 2 atom stereocenters. The third-order valence-corrected chi connectivity index (χ3v) is 7.95. The highest BCUT2D eigenvalue weighted by Crippen LogP contribution is 2.35. The van der Waals surface area contributed by atoms with Crippen LogP contribution in [0.4, 0.5) is 0 Å². The summed E-state index contributed by atoms with van der Waals surface area (Å²) in [6.07, 6.45) is 22.3. The first-order chi connectivity index (χ1) is 17.4. The summed E-state index contributed by atoms with van der Waals surface area (Å²) in [7, 11) is 0. The Kier molecular flexibility index (Phi) is 23.1. The monoisotopic (exact) mass is 511 g/mol. The van der Waals surface area contributed by atoms with Crippen molar-refractivity contribution in [2.24, 2.45) is 10.8 Å². The molecule has 0 aromatic carbocycles. The largest absolute Gasteiger partial charge is 0.379 e. The molecule has 0 saturated heterocycles. The zero-order chi connectivity index (χ0) is 27.0. The predicted octanol–water partition coefficient (Wildman–Crippen LogP) is 9.25. The van der Waals surface area contributed by atoms with Crippen molar-refractivity contribution in [3.8, 4) is 0 Å². The van der Waals surface area contributed by atoms with Crippen LogP contribution in [0.2, 0.25) is 0 Å². The lowest BCUT2D eigenvalue weighted by Crippen LogP contribution is -2.40. The molecule has 0 rings (SSSR count). The summed E-state index contributed by atoms with van der Waals surface area (Å²) in [6, 6.07) is 0. The fourth-order valence-corrected chi connectivity index (χ4v) is 5.19. The Morgan fingerprint density at radius 2 is 1.03 bits per heavy atom.